The van der Waals surface area contributed by atoms with Gasteiger partial charge in [-0.15, -0.1) is 0 Å². The Kier molecular flexibility index (Phi) is 19.9. The molecule has 0 radical (unpaired) electrons. The van der Waals surface area contributed by atoms with Gasteiger partial charge >= 0.3 is 21.7 Å². The number of rotatable bonds is 0. The first-order valence-corrected chi connectivity index (χ1v) is 2.10. The van der Waals surface area contributed by atoms with Gasteiger partial charge in [-0.25, -0.2) is 0 Å². The Morgan fingerprint density at radius 3 is 1.75 bits per heavy atom. The molecule has 0 aliphatic rings. The van der Waals surface area contributed by atoms with Gasteiger partial charge in [0.25, 0.3) is 0 Å². The van der Waals surface area contributed by atoms with Crippen LogP contribution < -0.4 is 0 Å². The van der Waals surface area contributed by atoms with Gasteiger partial charge in [-0.3, -0.25) is 0 Å². The summed E-state index contributed by atoms with van der Waals surface area (Å²) in [5, 5.41) is 1.06. The molecule has 0 saturated carbocycles. The molecule has 22 valence electrons. The molecule has 0 aromatic carbocycles. The van der Waals surface area contributed by atoms with Gasteiger partial charge in [-0.2, -0.15) is 0 Å². The van der Waals surface area contributed by atoms with Crippen LogP contribution in [0.5, 0.6) is 0 Å². The van der Waals surface area contributed by atoms with Gasteiger partial charge in [-0.05, 0) is 0 Å². The van der Waals surface area contributed by atoms with E-state index in [9.17, 15) is 0 Å². The van der Waals surface area contributed by atoms with E-state index in [1.54, 1.807) is 0 Å². The molecule has 0 saturated heterocycles. The first kappa shape index (κ1) is 8.96. The van der Waals surface area contributed by atoms with Crippen molar-refractivity contribution in [2.24, 2.45) is 0 Å². The predicted molar refractivity (Wildman–Crippen MR) is 19.5 cm³/mol. The third-order valence-corrected chi connectivity index (χ3v) is 0. The van der Waals surface area contributed by atoms with Gasteiger partial charge in [-0.1, -0.05) is 22.9 Å². The smallest absolute Gasteiger partial charge is 0.0931 e. The van der Waals surface area contributed by atoms with Crippen LogP contribution in [0.2, 0.25) is 0 Å². The van der Waals surface area contributed by atoms with Crippen LogP contribution in [-0.2, 0) is 21.7 Å². The third kappa shape index (κ3) is 10.8. The molecule has 0 bridgehead atoms. The number of hydrogen-bond donors (Lipinski definition) is 0. The minimum absolute atomic E-state index is 0. The molecule has 0 aliphatic heterocycles. The molecule has 4 heavy (non-hydrogen) atoms. The zero-order valence-electron chi connectivity index (χ0n) is 2.59. The number of halogens is 1. The molecular weight excluding hydrogens is 152 g/mol. The van der Waals surface area contributed by atoms with Gasteiger partial charge in [0.15, 0.2) is 0 Å². The fraction of sp³-hybridized carbons (Fsp3) is 1.00. The Balaban J connectivity index is 0. The zero-order valence-corrected chi connectivity index (χ0v) is 5.73. The summed E-state index contributed by atoms with van der Waals surface area (Å²) < 4.78 is 0. The number of alkyl halides is 1. The summed E-state index contributed by atoms with van der Waals surface area (Å²) in [4.78, 5) is 0. The third-order valence-electron chi connectivity index (χ3n) is 0. The molecular formula is C2H5BrTi+2. The van der Waals surface area contributed by atoms with Crippen molar-refractivity contribution in [1.82, 2.24) is 0 Å². The summed E-state index contributed by atoms with van der Waals surface area (Å²) >= 11 is 3.15. The van der Waals surface area contributed by atoms with Crippen LogP contribution in [0.4, 0.5) is 0 Å². The predicted octanol–water partition coefficient (Wildman–Crippen LogP) is 1.40. The molecule has 0 nitrogen and oxygen atoms in total. The SMILES string of the molecule is CCBr.[Ti+2]. The maximum Gasteiger partial charge on any atom is 2.00 e. The van der Waals surface area contributed by atoms with Crippen LogP contribution in [0.15, 0.2) is 0 Å². The second kappa shape index (κ2) is 8.89. The minimum Gasteiger partial charge on any atom is -0.0931 e. The summed E-state index contributed by atoms with van der Waals surface area (Å²) in [5.41, 5.74) is 0. The van der Waals surface area contributed by atoms with Gasteiger partial charge in [0, 0.05) is 5.33 Å². The van der Waals surface area contributed by atoms with Crippen LogP contribution in [0.25, 0.3) is 0 Å². The Hall–Kier alpha value is 1.19. The Labute approximate surface area is 50.0 Å². The van der Waals surface area contributed by atoms with E-state index in [1.807, 2.05) is 6.92 Å². The van der Waals surface area contributed by atoms with E-state index in [0.717, 1.165) is 5.33 Å². The van der Waals surface area contributed by atoms with Crippen LogP contribution >= 0.6 is 15.9 Å². The van der Waals surface area contributed by atoms with E-state index < -0.39 is 0 Å². The van der Waals surface area contributed by atoms with Crippen molar-refractivity contribution in [1.29, 1.82) is 0 Å². The minimum atomic E-state index is 0. The van der Waals surface area contributed by atoms with Crippen molar-refractivity contribution in [2.75, 3.05) is 5.33 Å². The van der Waals surface area contributed by atoms with Crippen molar-refractivity contribution >= 4 is 15.9 Å². The van der Waals surface area contributed by atoms with Gasteiger partial charge < -0.3 is 0 Å². The van der Waals surface area contributed by atoms with Crippen molar-refractivity contribution in [3.05, 3.63) is 0 Å². The van der Waals surface area contributed by atoms with E-state index >= 15 is 0 Å². The Bertz CT molecular complexity index is 6.00. The molecule has 2 heteroatoms. The molecule has 0 unspecified atom stereocenters. The molecule has 0 N–H and O–H groups in total. The van der Waals surface area contributed by atoms with Crippen LogP contribution in [0.1, 0.15) is 6.92 Å². The van der Waals surface area contributed by atoms with E-state index in [-0.39, 0.29) is 21.7 Å². The van der Waals surface area contributed by atoms with Crippen LogP contribution in [0.3, 0.4) is 0 Å². The first-order valence-electron chi connectivity index (χ1n) is 0.974. The maximum absolute atomic E-state index is 3.15. The monoisotopic (exact) mass is 156 g/mol. The molecule has 0 aromatic rings. The quantitative estimate of drug-likeness (QED) is 0.368. The summed E-state index contributed by atoms with van der Waals surface area (Å²) in [5.74, 6) is 0. The average molecular weight is 157 g/mol. The van der Waals surface area contributed by atoms with Crippen molar-refractivity contribution in [3.63, 3.8) is 0 Å². The molecule has 0 heterocycles. The summed E-state index contributed by atoms with van der Waals surface area (Å²) in [6.45, 7) is 2.04. The van der Waals surface area contributed by atoms with Crippen LogP contribution in [0, 0.1) is 0 Å². The Morgan fingerprint density at radius 1 is 1.75 bits per heavy atom. The normalized spacial score (nSPS) is 4.50. The molecule has 0 spiro atoms. The standard InChI is InChI=1S/C2H5Br.Ti/c1-2-3;/h2H2,1H3;/q;+2. The first-order chi connectivity index (χ1) is 1.41. The van der Waals surface area contributed by atoms with E-state index in [0.29, 0.717) is 0 Å². The fourth-order valence-corrected chi connectivity index (χ4v) is 0. The van der Waals surface area contributed by atoms with Gasteiger partial charge in [0.05, 0.1) is 0 Å². The molecule has 0 aromatic heterocycles. The number of hydrogen-bond acceptors (Lipinski definition) is 0. The van der Waals surface area contributed by atoms with Gasteiger partial charge in [0.2, 0.25) is 0 Å². The molecule has 0 fully saturated rings. The largest absolute Gasteiger partial charge is 2.00 e. The zero-order chi connectivity index (χ0) is 2.71. The molecule has 0 rings (SSSR count). The van der Waals surface area contributed by atoms with E-state index in [1.165, 1.54) is 0 Å². The summed E-state index contributed by atoms with van der Waals surface area (Å²) in [6, 6.07) is 0. The van der Waals surface area contributed by atoms with Crippen molar-refractivity contribution in [2.45, 2.75) is 6.92 Å². The van der Waals surface area contributed by atoms with E-state index in [2.05, 4.69) is 15.9 Å². The average Bonchev–Trinajstić information content (AvgIpc) is 0.918. The van der Waals surface area contributed by atoms with Crippen LogP contribution in [-0.4, -0.2) is 5.33 Å². The maximum atomic E-state index is 3.15. The van der Waals surface area contributed by atoms with Gasteiger partial charge in [0.1, 0.15) is 0 Å². The molecule has 0 amide bonds. The molecule has 0 aliphatic carbocycles. The van der Waals surface area contributed by atoms with E-state index in [4.69, 9.17) is 0 Å². The second-order valence-corrected chi connectivity index (χ2v) is 1.39. The summed E-state index contributed by atoms with van der Waals surface area (Å²) in [6.07, 6.45) is 0. The Morgan fingerprint density at radius 2 is 1.75 bits per heavy atom. The molecule has 0 atom stereocenters. The topological polar surface area (TPSA) is 0 Å². The summed E-state index contributed by atoms with van der Waals surface area (Å²) in [7, 11) is 0. The van der Waals surface area contributed by atoms with Crippen molar-refractivity contribution < 1.29 is 21.7 Å². The second-order valence-electron chi connectivity index (χ2n) is 0.267. The fourth-order valence-electron chi connectivity index (χ4n) is 0. The van der Waals surface area contributed by atoms with Crippen molar-refractivity contribution in [3.8, 4) is 0 Å².